The minimum absolute atomic E-state index is 0.276. The Labute approximate surface area is 165 Å². The van der Waals surface area contributed by atoms with Crippen molar-refractivity contribution in [1.29, 1.82) is 0 Å². The molecule has 5 rings (SSSR count). The Morgan fingerprint density at radius 1 is 0.750 bits per heavy atom. The third kappa shape index (κ3) is 4.13. The minimum Gasteiger partial charge on any atom is -0.491 e. The summed E-state index contributed by atoms with van der Waals surface area (Å²) in [7, 11) is 0. The summed E-state index contributed by atoms with van der Waals surface area (Å²) >= 11 is 0. The molecule has 3 aromatic carbocycles. The topological polar surface area (TPSA) is 43.5 Å². The van der Waals surface area contributed by atoms with E-state index in [2.05, 4.69) is 49.4 Å². The van der Waals surface area contributed by atoms with Crippen molar-refractivity contribution >= 4 is 10.8 Å². The molecule has 2 heterocycles. The van der Waals surface area contributed by atoms with Crippen molar-refractivity contribution in [3.05, 3.63) is 71.8 Å². The lowest BCUT2D eigenvalue weighted by atomic mass is 9.91. The van der Waals surface area contributed by atoms with Gasteiger partial charge < -0.3 is 18.9 Å². The van der Waals surface area contributed by atoms with Crippen LogP contribution in [0.3, 0.4) is 0 Å². The third-order valence-corrected chi connectivity index (χ3v) is 5.39. The van der Waals surface area contributed by atoms with Crippen LogP contribution in [-0.2, 0) is 9.47 Å². The van der Waals surface area contributed by atoms with Crippen LogP contribution >= 0.6 is 0 Å². The van der Waals surface area contributed by atoms with Crippen molar-refractivity contribution in [2.75, 3.05) is 26.4 Å². The Kier molecular flexibility index (Phi) is 4.67. The van der Waals surface area contributed by atoms with Gasteiger partial charge in [-0.2, -0.15) is 0 Å². The number of epoxide rings is 2. The van der Waals surface area contributed by atoms with Crippen LogP contribution in [-0.4, -0.2) is 38.6 Å². The Morgan fingerprint density at radius 2 is 1.29 bits per heavy atom. The molecule has 4 heteroatoms. The largest absolute Gasteiger partial charge is 0.491 e. The highest BCUT2D eigenvalue weighted by Crippen LogP contribution is 2.30. The maximum atomic E-state index is 5.79. The molecular weight excluding hydrogens is 352 g/mol. The summed E-state index contributed by atoms with van der Waals surface area (Å²) in [5.41, 5.74) is 2.58. The zero-order valence-corrected chi connectivity index (χ0v) is 16.0. The van der Waals surface area contributed by atoms with Gasteiger partial charge in [0, 0.05) is 5.92 Å². The van der Waals surface area contributed by atoms with E-state index in [-0.39, 0.29) is 12.2 Å². The van der Waals surface area contributed by atoms with Crippen LogP contribution in [0.4, 0.5) is 0 Å². The van der Waals surface area contributed by atoms with Gasteiger partial charge in [0.05, 0.1) is 13.2 Å². The normalized spacial score (nSPS) is 21.3. The minimum atomic E-state index is 0.276. The van der Waals surface area contributed by atoms with Gasteiger partial charge in [0.2, 0.25) is 0 Å². The molecule has 0 N–H and O–H groups in total. The molecule has 28 heavy (non-hydrogen) atoms. The molecule has 0 bridgehead atoms. The van der Waals surface area contributed by atoms with Crippen molar-refractivity contribution in [3.8, 4) is 11.5 Å². The van der Waals surface area contributed by atoms with E-state index < -0.39 is 0 Å². The molecule has 3 atom stereocenters. The van der Waals surface area contributed by atoms with Crippen LogP contribution in [0, 0.1) is 0 Å². The van der Waals surface area contributed by atoms with Gasteiger partial charge >= 0.3 is 0 Å². The first-order valence-corrected chi connectivity index (χ1v) is 9.87. The first-order valence-electron chi connectivity index (χ1n) is 9.87. The van der Waals surface area contributed by atoms with Crippen LogP contribution in [0.2, 0.25) is 0 Å². The van der Waals surface area contributed by atoms with Crippen molar-refractivity contribution < 1.29 is 18.9 Å². The fraction of sp³-hybridized carbons (Fsp3) is 0.333. The lowest BCUT2D eigenvalue weighted by Crippen LogP contribution is -2.04. The summed E-state index contributed by atoms with van der Waals surface area (Å²) in [6.45, 7) is 5.14. The average Bonchev–Trinajstić information content (AvgIpc) is 3.65. The van der Waals surface area contributed by atoms with Crippen LogP contribution in [0.5, 0.6) is 11.5 Å². The maximum Gasteiger partial charge on any atom is 0.120 e. The first kappa shape index (κ1) is 17.5. The van der Waals surface area contributed by atoms with Gasteiger partial charge in [0.1, 0.15) is 36.9 Å². The van der Waals surface area contributed by atoms with E-state index >= 15 is 0 Å². The molecule has 0 aromatic heterocycles. The summed E-state index contributed by atoms with van der Waals surface area (Å²) < 4.78 is 21.9. The summed E-state index contributed by atoms with van der Waals surface area (Å²) in [6, 6.07) is 21.3. The van der Waals surface area contributed by atoms with Crippen molar-refractivity contribution in [2.45, 2.75) is 25.0 Å². The van der Waals surface area contributed by atoms with E-state index in [0.717, 1.165) is 24.7 Å². The highest BCUT2D eigenvalue weighted by atomic mass is 16.6. The number of hydrogen-bond donors (Lipinski definition) is 0. The average molecular weight is 376 g/mol. The highest BCUT2D eigenvalue weighted by molar-refractivity contribution is 5.84. The second-order valence-corrected chi connectivity index (χ2v) is 7.59. The molecule has 0 saturated carbocycles. The predicted octanol–water partition coefficient (Wildman–Crippen LogP) is 4.55. The van der Waals surface area contributed by atoms with Gasteiger partial charge in [-0.25, -0.2) is 0 Å². The van der Waals surface area contributed by atoms with E-state index in [9.17, 15) is 0 Å². The monoisotopic (exact) mass is 376 g/mol. The molecular formula is C24H24O4. The third-order valence-electron chi connectivity index (χ3n) is 5.39. The molecule has 144 valence electrons. The maximum absolute atomic E-state index is 5.79. The lowest BCUT2D eigenvalue weighted by Gasteiger charge is -2.15. The Hall–Kier alpha value is -2.56. The zero-order valence-electron chi connectivity index (χ0n) is 16.0. The van der Waals surface area contributed by atoms with E-state index in [1.165, 1.54) is 21.9 Å². The number of hydrogen-bond acceptors (Lipinski definition) is 4. The van der Waals surface area contributed by atoms with Gasteiger partial charge in [-0.3, -0.25) is 0 Å². The molecule has 4 nitrogen and oxygen atoms in total. The standard InChI is InChI=1S/C24H24O4/c1-16(17-4-7-21(8-5-17)25-12-23-14-27-23)18-2-3-20-11-22(9-6-19(20)10-18)26-13-24-15-28-24/h2-11,16,23-24H,12-15H2,1H3. The van der Waals surface area contributed by atoms with Gasteiger partial charge in [-0.1, -0.05) is 43.3 Å². The fourth-order valence-corrected chi connectivity index (χ4v) is 3.35. The Balaban J connectivity index is 1.29. The Morgan fingerprint density at radius 3 is 1.96 bits per heavy atom. The van der Waals surface area contributed by atoms with Crippen molar-refractivity contribution in [2.24, 2.45) is 0 Å². The van der Waals surface area contributed by atoms with Crippen LogP contribution in [0.25, 0.3) is 10.8 Å². The Bertz CT molecular complexity index is 958. The summed E-state index contributed by atoms with van der Waals surface area (Å²) in [5, 5.41) is 2.42. The molecule has 2 aliphatic heterocycles. The van der Waals surface area contributed by atoms with Crippen LogP contribution in [0.1, 0.15) is 24.0 Å². The molecule has 2 saturated heterocycles. The summed E-state index contributed by atoms with van der Waals surface area (Å²) in [4.78, 5) is 0. The van der Waals surface area contributed by atoms with Crippen LogP contribution < -0.4 is 9.47 Å². The number of benzene rings is 3. The number of ether oxygens (including phenoxy) is 4. The lowest BCUT2D eigenvalue weighted by molar-refractivity contribution is 0.263. The van der Waals surface area contributed by atoms with Crippen molar-refractivity contribution in [1.82, 2.24) is 0 Å². The van der Waals surface area contributed by atoms with E-state index in [1.807, 2.05) is 18.2 Å². The zero-order chi connectivity index (χ0) is 18.9. The van der Waals surface area contributed by atoms with Crippen LogP contribution in [0.15, 0.2) is 60.7 Å². The molecule has 2 aliphatic rings. The second kappa shape index (κ2) is 7.46. The predicted molar refractivity (Wildman–Crippen MR) is 108 cm³/mol. The number of fused-ring (bicyclic) bond motifs is 1. The quantitative estimate of drug-likeness (QED) is 0.541. The molecule has 0 spiro atoms. The first-order chi connectivity index (χ1) is 13.7. The molecule has 3 aromatic rings. The van der Waals surface area contributed by atoms with Gasteiger partial charge in [0.15, 0.2) is 0 Å². The number of rotatable bonds is 8. The highest BCUT2D eigenvalue weighted by Gasteiger charge is 2.23. The molecule has 0 radical (unpaired) electrons. The fourth-order valence-electron chi connectivity index (χ4n) is 3.35. The summed E-state index contributed by atoms with van der Waals surface area (Å²) in [5.74, 6) is 2.11. The molecule has 3 unspecified atom stereocenters. The molecule has 0 aliphatic carbocycles. The van der Waals surface area contributed by atoms with Gasteiger partial charge in [-0.15, -0.1) is 0 Å². The van der Waals surface area contributed by atoms with Crippen molar-refractivity contribution in [3.63, 3.8) is 0 Å². The SMILES string of the molecule is CC(c1ccc(OCC2CO2)cc1)c1ccc2cc(OCC3CO3)ccc2c1. The van der Waals surface area contributed by atoms with Gasteiger partial charge in [0.25, 0.3) is 0 Å². The van der Waals surface area contributed by atoms with E-state index in [1.54, 1.807) is 0 Å². The summed E-state index contributed by atoms with van der Waals surface area (Å²) in [6.07, 6.45) is 0.557. The van der Waals surface area contributed by atoms with E-state index in [0.29, 0.717) is 19.1 Å². The van der Waals surface area contributed by atoms with Gasteiger partial charge in [-0.05, 0) is 46.2 Å². The molecule has 0 amide bonds. The molecule has 2 fully saturated rings. The second-order valence-electron chi connectivity index (χ2n) is 7.59. The smallest absolute Gasteiger partial charge is 0.120 e. The van der Waals surface area contributed by atoms with E-state index in [4.69, 9.17) is 18.9 Å².